The summed E-state index contributed by atoms with van der Waals surface area (Å²) in [5.74, 6) is -0.234. The van der Waals surface area contributed by atoms with Crippen LogP contribution in [-0.2, 0) is 14.8 Å². The first-order chi connectivity index (χ1) is 9.86. The zero-order valence-corrected chi connectivity index (χ0v) is 14.1. The topological polar surface area (TPSA) is 72.5 Å². The van der Waals surface area contributed by atoms with Crippen LogP contribution in [0.5, 0.6) is 0 Å². The van der Waals surface area contributed by atoms with E-state index in [-0.39, 0.29) is 15.8 Å². The minimum absolute atomic E-state index is 0.0594. The average Bonchev–Trinajstić information content (AvgIpc) is 3.06. The second kappa shape index (κ2) is 6.46. The fourth-order valence-corrected chi connectivity index (χ4v) is 5.88. The van der Waals surface area contributed by atoms with Gasteiger partial charge < -0.3 is 4.74 Å². The third kappa shape index (κ3) is 3.46. The molecule has 0 aromatic carbocycles. The first-order valence-corrected chi connectivity index (χ1v) is 9.42. The molecule has 1 fully saturated rings. The molecule has 7 heteroatoms. The smallest absolute Gasteiger partial charge is 0.349 e. The van der Waals surface area contributed by atoms with E-state index in [2.05, 4.69) is 9.46 Å². The van der Waals surface area contributed by atoms with Gasteiger partial charge in [-0.25, -0.2) is 17.9 Å². The molecular weight excluding hydrogens is 310 g/mol. The number of hydrogen-bond acceptors (Lipinski definition) is 5. The highest BCUT2D eigenvalue weighted by Gasteiger charge is 2.31. The number of carbonyl (C=O) groups excluding carboxylic acids is 1. The van der Waals surface area contributed by atoms with E-state index >= 15 is 0 Å². The lowest BCUT2D eigenvalue weighted by Gasteiger charge is -2.20. The van der Waals surface area contributed by atoms with Gasteiger partial charge in [-0.3, -0.25) is 0 Å². The molecule has 0 saturated heterocycles. The van der Waals surface area contributed by atoms with Crippen molar-refractivity contribution in [3.8, 4) is 0 Å². The lowest BCUT2D eigenvalue weighted by molar-refractivity contribution is 0.0602. The van der Waals surface area contributed by atoms with Crippen molar-refractivity contribution in [2.75, 3.05) is 7.11 Å². The van der Waals surface area contributed by atoms with Gasteiger partial charge in [0.25, 0.3) is 0 Å². The van der Waals surface area contributed by atoms with E-state index in [0.717, 1.165) is 37.0 Å². The van der Waals surface area contributed by atoms with Crippen molar-refractivity contribution in [1.82, 2.24) is 4.72 Å². The highest BCUT2D eigenvalue weighted by Crippen LogP contribution is 2.31. The minimum Gasteiger partial charge on any atom is -0.465 e. The average molecular weight is 331 g/mol. The molecule has 0 bridgehead atoms. The maximum absolute atomic E-state index is 12.6. The summed E-state index contributed by atoms with van der Waals surface area (Å²) in [6, 6.07) is -0.123. The van der Waals surface area contributed by atoms with Gasteiger partial charge in [-0.15, -0.1) is 11.3 Å². The summed E-state index contributed by atoms with van der Waals surface area (Å²) in [5, 5.41) is 1.67. The zero-order valence-electron chi connectivity index (χ0n) is 12.5. The molecule has 1 aliphatic rings. The van der Waals surface area contributed by atoms with Crippen LogP contribution in [-0.4, -0.2) is 27.5 Å². The number of aryl methyl sites for hydroxylation is 1. The van der Waals surface area contributed by atoms with Crippen LogP contribution in [0, 0.1) is 12.8 Å². The van der Waals surface area contributed by atoms with Crippen LogP contribution < -0.4 is 4.72 Å². The summed E-state index contributed by atoms with van der Waals surface area (Å²) in [6.07, 6.45) is 4.41. The molecule has 1 aromatic heterocycles. The highest BCUT2D eigenvalue weighted by atomic mass is 32.2. The Labute approximate surface area is 129 Å². The number of methoxy groups -OCH3 is 1. The van der Waals surface area contributed by atoms with Crippen LogP contribution in [0.3, 0.4) is 0 Å². The predicted molar refractivity (Wildman–Crippen MR) is 82.1 cm³/mol. The Morgan fingerprint density at radius 1 is 1.43 bits per heavy atom. The third-order valence-electron chi connectivity index (χ3n) is 4.01. The van der Waals surface area contributed by atoms with Gasteiger partial charge in [0.05, 0.1) is 7.11 Å². The SMILES string of the molecule is COC(=O)c1scc(C)c1S(=O)(=O)NC(C)C1CCCC1. The molecule has 5 nitrogen and oxygen atoms in total. The van der Waals surface area contributed by atoms with Gasteiger partial charge in [0.2, 0.25) is 10.0 Å². The molecule has 0 aliphatic heterocycles. The van der Waals surface area contributed by atoms with Crippen LogP contribution in [0.4, 0.5) is 0 Å². The third-order valence-corrected chi connectivity index (χ3v) is 6.96. The number of rotatable bonds is 5. The second-order valence-electron chi connectivity index (χ2n) is 5.52. The molecule has 1 aliphatic carbocycles. The summed E-state index contributed by atoms with van der Waals surface area (Å²) >= 11 is 1.10. The summed E-state index contributed by atoms with van der Waals surface area (Å²) < 4.78 is 32.6. The predicted octanol–water partition coefficient (Wildman–Crippen LogP) is 2.70. The first kappa shape index (κ1) is 16.5. The van der Waals surface area contributed by atoms with Gasteiger partial charge in [-0.1, -0.05) is 12.8 Å². The second-order valence-corrected chi connectivity index (χ2v) is 8.05. The number of ether oxygens (including phenoxy) is 1. The lowest BCUT2D eigenvalue weighted by atomic mass is 10.0. The largest absolute Gasteiger partial charge is 0.465 e. The van der Waals surface area contributed by atoms with Crippen LogP contribution >= 0.6 is 11.3 Å². The highest BCUT2D eigenvalue weighted by molar-refractivity contribution is 7.89. The summed E-state index contributed by atoms with van der Waals surface area (Å²) in [7, 11) is -2.46. The number of carbonyl (C=O) groups is 1. The van der Waals surface area contributed by atoms with Gasteiger partial charge in [-0.2, -0.15) is 0 Å². The van der Waals surface area contributed by atoms with Crippen LogP contribution in [0.1, 0.15) is 47.8 Å². The molecule has 1 unspecified atom stereocenters. The number of sulfonamides is 1. The van der Waals surface area contributed by atoms with Gasteiger partial charge in [-0.05, 0) is 43.6 Å². The Kier molecular flexibility index (Phi) is 5.06. The number of esters is 1. The Morgan fingerprint density at radius 3 is 2.62 bits per heavy atom. The van der Waals surface area contributed by atoms with E-state index in [0.29, 0.717) is 11.5 Å². The van der Waals surface area contributed by atoms with Crippen molar-refractivity contribution in [3.63, 3.8) is 0 Å². The maximum Gasteiger partial charge on any atom is 0.349 e. The Balaban J connectivity index is 2.27. The number of hydrogen-bond donors (Lipinski definition) is 1. The molecule has 21 heavy (non-hydrogen) atoms. The molecule has 1 aromatic rings. The van der Waals surface area contributed by atoms with E-state index in [9.17, 15) is 13.2 Å². The molecule has 0 radical (unpaired) electrons. The molecule has 2 rings (SSSR count). The molecule has 1 atom stereocenters. The van der Waals surface area contributed by atoms with Crippen molar-refractivity contribution in [2.45, 2.75) is 50.5 Å². The zero-order chi connectivity index (χ0) is 15.6. The van der Waals surface area contributed by atoms with E-state index in [1.165, 1.54) is 7.11 Å². The maximum atomic E-state index is 12.6. The first-order valence-electron chi connectivity index (χ1n) is 7.05. The van der Waals surface area contributed by atoms with Crippen molar-refractivity contribution >= 4 is 27.3 Å². The van der Waals surface area contributed by atoms with Crippen molar-refractivity contribution in [1.29, 1.82) is 0 Å². The van der Waals surface area contributed by atoms with Gasteiger partial charge >= 0.3 is 5.97 Å². The van der Waals surface area contributed by atoms with Gasteiger partial charge in [0.1, 0.15) is 9.77 Å². The Morgan fingerprint density at radius 2 is 2.05 bits per heavy atom. The lowest BCUT2D eigenvalue weighted by Crippen LogP contribution is -2.37. The quantitative estimate of drug-likeness (QED) is 0.842. The standard InChI is InChI=1S/C14H21NO4S2/c1-9-8-20-12(14(16)19-3)13(9)21(17,18)15-10(2)11-6-4-5-7-11/h8,10-11,15H,4-7H2,1-3H3. The summed E-state index contributed by atoms with van der Waals surface area (Å²) in [4.78, 5) is 11.9. The van der Waals surface area contributed by atoms with E-state index in [1.807, 2.05) is 6.92 Å². The van der Waals surface area contributed by atoms with E-state index < -0.39 is 16.0 Å². The molecule has 0 amide bonds. The fourth-order valence-electron chi connectivity index (χ4n) is 2.86. The van der Waals surface area contributed by atoms with Crippen molar-refractivity contribution < 1.29 is 17.9 Å². The van der Waals surface area contributed by atoms with Crippen LogP contribution in [0.2, 0.25) is 0 Å². The fraction of sp³-hybridized carbons (Fsp3) is 0.643. The van der Waals surface area contributed by atoms with Gasteiger partial charge in [0, 0.05) is 6.04 Å². The number of thiophene rings is 1. The van der Waals surface area contributed by atoms with Crippen molar-refractivity contribution in [2.24, 2.45) is 5.92 Å². The minimum atomic E-state index is -3.71. The Bertz CT molecular complexity index is 615. The van der Waals surface area contributed by atoms with Crippen molar-refractivity contribution in [3.05, 3.63) is 15.8 Å². The van der Waals surface area contributed by atoms with Crippen LogP contribution in [0.25, 0.3) is 0 Å². The normalized spacial score (nSPS) is 17.9. The monoisotopic (exact) mass is 331 g/mol. The molecular formula is C14H21NO4S2. The summed E-state index contributed by atoms with van der Waals surface area (Å²) in [6.45, 7) is 3.59. The molecule has 1 N–H and O–H groups in total. The Hall–Kier alpha value is -0.920. The van der Waals surface area contributed by atoms with E-state index in [1.54, 1.807) is 12.3 Å². The molecule has 118 valence electrons. The van der Waals surface area contributed by atoms with Crippen LogP contribution in [0.15, 0.2) is 10.3 Å². The molecule has 0 spiro atoms. The number of nitrogens with one attached hydrogen (secondary N) is 1. The van der Waals surface area contributed by atoms with E-state index in [4.69, 9.17) is 0 Å². The molecule has 1 saturated carbocycles. The summed E-state index contributed by atoms with van der Waals surface area (Å²) in [5.41, 5.74) is 0.575. The van der Waals surface area contributed by atoms with Gasteiger partial charge in [0.15, 0.2) is 0 Å². The molecule has 1 heterocycles.